The molecule has 0 aromatic carbocycles. The van der Waals surface area contributed by atoms with Crippen LogP contribution < -0.4 is 4.90 Å². The topological polar surface area (TPSA) is 90.1 Å². The Morgan fingerprint density at radius 3 is 2.88 bits per heavy atom. The largest absolute Gasteiger partial charge is 0.481 e. The van der Waals surface area contributed by atoms with E-state index in [1.807, 2.05) is 6.07 Å². The third-order valence-electron chi connectivity index (χ3n) is 3.07. The van der Waals surface area contributed by atoms with Crippen LogP contribution in [0.1, 0.15) is 19.0 Å². The summed E-state index contributed by atoms with van der Waals surface area (Å²) in [5.41, 5.74) is -0.535. The zero-order valence-electron chi connectivity index (χ0n) is 9.42. The summed E-state index contributed by atoms with van der Waals surface area (Å²) in [6.45, 7) is 2.64. The number of hydrogen-bond donors (Lipinski definition) is 1. The number of aliphatic carboxylic acids is 1. The molecule has 0 radical (unpaired) electrons. The Morgan fingerprint density at radius 2 is 2.29 bits per heavy atom. The number of aromatic nitrogens is 2. The standard InChI is InChI=1S/C11H12N4O2/c1-11(10(16)17)2-5-15(7-11)9-8(6-12)13-3-4-14-9/h3-4H,2,5,7H2,1H3,(H,16,17). The summed E-state index contributed by atoms with van der Waals surface area (Å²) in [6, 6.07) is 1.97. The third kappa shape index (κ3) is 1.91. The van der Waals surface area contributed by atoms with Gasteiger partial charge in [0.1, 0.15) is 6.07 Å². The fourth-order valence-corrected chi connectivity index (χ4v) is 1.96. The highest BCUT2D eigenvalue weighted by Crippen LogP contribution is 2.33. The molecule has 1 N–H and O–H groups in total. The van der Waals surface area contributed by atoms with Crippen LogP contribution in [0.4, 0.5) is 5.82 Å². The van der Waals surface area contributed by atoms with Gasteiger partial charge in [-0.05, 0) is 13.3 Å². The molecule has 17 heavy (non-hydrogen) atoms. The van der Waals surface area contributed by atoms with Gasteiger partial charge in [0.05, 0.1) is 5.41 Å². The van der Waals surface area contributed by atoms with Crippen LogP contribution in [0.2, 0.25) is 0 Å². The minimum atomic E-state index is -0.817. The second kappa shape index (κ2) is 4.01. The van der Waals surface area contributed by atoms with E-state index >= 15 is 0 Å². The summed E-state index contributed by atoms with van der Waals surface area (Å²) < 4.78 is 0. The van der Waals surface area contributed by atoms with Gasteiger partial charge >= 0.3 is 5.97 Å². The smallest absolute Gasteiger partial charge is 0.311 e. The van der Waals surface area contributed by atoms with Crippen molar-refractivity contribution in [1.29, 1.82) is 5.26 Å². The molecule has 1 unspecified atom stereocenters. The maximum absolute atomic E-state index is 11.1. The van der Waals surface area contributed by atoms with E-state index in [2.05, 4.69) is 9.97 Å². The highest BCUT2D eigenvalue weighted by Gasteiger charge is 2.41. The van der Waals surface area contributed by atoms with Crippen LogP contribution in [0, 0.1) is 16.7 Å². The monoisotopic (exact) mass is 232 g/mol. The van der Waals surface area contributed by atoms with Gasteiger partial charge in [-0.1, -0.05) is 0 Å². The van der Waals surface area contributed by atoms with Crippen molar-refractivity contribution in [2.75, 3.05) is 18.0 Å². The van der Waals surface area contributed by atoms with Gasteiger partial charge in [0.25, 0.3) is 0 Å². The van der Waals surface area contributed by atoms with E-state index in [0.717, 1.165) is 0 Å². The van der Waals surface area contributed by atoms with E-state index in [4.69, 9.17) is 10.4 Å². The van der Waals surface area contributed by atoms with E-state index in [-0.39, 0.29) is 5.69 Å². The molecule has 1 fully saturated rings. The Bertz CT molecular complexity index is 496. The molecule has 1 aliphatic rings. The number of carbonyl (C=O) groups is 1. The van der Waals surface area contributed by atoms with Crippen LogP contribution >= 0.6 is 0 Å². The first-order valence-corrected chi connectivity index (χ1v) is 5.26. The van der Waals surface area contributed by atoms with Gasteiger partial charge in [0.15, 0.2) is 11.5 Å². The fraction of sp³-hybridized carbons (Fsp3) is 0.455. The number of carboxylic acids is 1. The first-order valence-electron chi connectivity index (χ1n) is 5.26. The first-order chi connectivity index (χ1) is 8.07. The molecule has 0 saturated carbocycles. The highest BCUT2D eigenvalue weighted by atomic mass is 16.4. The molecule has 6 nitrogen and oxygen atoms in total. The van der Waals surface area contributed by atoms with Gasteiger partial charge in [0.2, 0.25) is 0 Å². The van der Waals surface area contributed by atoms with Crippen LogP contribution in [0.15, 0.2) is 12.4 Å². The number of rotatable bonds is 2. The molecule has 0 amide bonds. The predicted molar refractivity (Wildman–Crippen MR) is 59.3 cm³/mol. The minimum absolute atomic E-state index is 0.238. The van der Waals surface area contributed by atoms with Crippen LogP contribution in [-0.4, -0.2) is 34.1 Å². The van der Waals surface area contributed by atoms with Gasteiger partial charge in [-0.3, -0.25) is 4.79 Å². The summed E-state index contributed by atoms with van der Waals surface area (Å²) in [7, 11) is 0. The Hall–Kier alpha value is -2.16. The summed E-state index contributed by atoms with van der Waals surface area (Å²) >= 11 is 0. The number of hydrogen-bond acceptors (Lipinski definition) is 5. The molecule has 1 aliphatic heterocycles. The zero-order valence-corrected chi connectivity index (χ0v) is 9.42. The van der Waals surface area contributed by atoms with Crippen molar-refractivity contribution in [3.63, 3.8) is 0 Å². The summed E-state index contributed by atoms with van der Waals surface area (Å²) in [5.74, 6) is -0.345. The lowest BCUT2D eigenvalue weighted by Gasteiger charge is -2.20. The Morgan fingerprint density at radius 1 is 1.59 bits per heavy atom. The maximum Gasteiger partial charge on any atom is 0.311 e. The fourth-order valence-electron chi connectivity index (χ4n) is 1.96. The predicted octanol–water partition coefficient (Wildman–Crippen LogP) is 0.649. The third-order valence-corrected chi connectivity index (χ3v) is 3.07. The number of nitriles is 1. The van der Waals surface area contributed by atoms with E-state index in [9.17, 15) is 4.79 Å². The molecule has 0 aliphatic carbocycles. The lowest BCUT2D eigenvalue weighted by molar-refractivity contribution is -0.146. The first kappa shape index (κ1) is 11.3. The summed E-state index contributed by atoms with van der Waals surface area (Å²) in [4.78, 5) is 21.0. The van der Waals surface area contributed by atoms with Gasteiger partial charge in [-0.25, -0.2) is 9.97 Å². The quantitative estimate of drug-likeness (QED) is 0.805. The highest BCUT2D eigenvalue weighted by molar-refractivity contribution is 5.76. The SMILES string of the molecule is CC1(C(=O)O)CCN(c2nccnc2C#N)C1. The molecule has 88 valence electrons. The second-order valence-corrected chi connectivity index (χ2v) is 4.38. The molecule has 1 aromatic heterocycles. The van der Waals surface area contributed by atoms with Crippen molar-refractivity contribution in [3.8, 4) is 6.07 Å². The summed E-state index contributed by atoms with van der Waals surface area (Å²) in [6.07, 6.45) is 3.50. The molecule has 1 saturated heterocycles. The maximum atomic E-state index is 11.1. The van der Waals surface area contributed by atoms with Crippen LogP contribution in [0.3, 0.4) is 0 Å². The molecule has 1 atom stereocenters. The van der Waals surface area contributed by atoms with Crippen molar-refractivity contribution in [2.45, 2.75) is 13.3 Å². The number of nitrogens with zero attached hydrogens (tertiary/aromatic N) is 4. The molecule has 0 spiro atoms. The van der Waals surface area contributed by atoms with E-state index < -0.39 is 11.4 Å². The van der Waals surface area contributed by atoms with E-state index in [1.165, 1.54) is 12.4 Å². The molecule has 2 heterocycles. The molecule has 1 aromatic rings. The van der Waals surface area contributed by atoms with Crippen LogP contribution in [0.25, 0.3) is 0 Å². The van der Waals surface area contributed by atoms with E-state index in [1.54, 1.807) is 11.8 Å². The molecule has 2 rings (SSSR count). The zero-order chi connectivity index (χ0) is 12.5. The second-order valence-electron chi connectivity index (χ2n) is 4.38. The van der Waals surface area contributed by atoms with Crippen molar-refractivity contribution >= 4 is 11.8 Å². The van der Waals surface area contributed by atoms with Gasteiger partial charge < -0.3 is 10.0 Å². The molecule has 0 bridgehead atoms. The normalized spacial score (nSPS) is 23.4. The lowest BCUT2D eigenvalue weighted by Crippen LogP contribution is -2.32. The molecule has 6 heteroatoms. The summed E-state index contributed by atoms with van der Waals surface area (Å²) in [5, 5.41) is 18.1. The molecular formula is C11H12N4O2. The van der Waals surface area contributed by atoms with Gasteiger partial charge in [0, 0.05) is 25.5 Å². The van der Waals surface area contributed by atoms with Crippen molar-refractivity contribution in [1.82, 2.24) is 9.97 Å². The Balaban J connectivity index is 2.27. The van der Waals surface area contributed by atoms with Crippen molar-refractivity contribution in [2.24, 2.45) is 5.41 Å². The lowest BCUT2D eigenvalue weighted by atomic mass is 9.90. The number of carboxylic acid groups (broad SMARTS) is 1. The van der Waals surface area contributed by atoms with Crippen molar-refractivity contribution < 1.29 is 9.90 Å². The van der Waals surface area contributed by atoms with Crippen LogP contribution in [-0.2, 0) is 4.79 Å². The van der Waals surface area contributed by atoms with Gasteiger partial charge in [-0.2, -0.15) is 5.26 Å². The Labute approximate surface area is 98.5 Å². The van der Waals surface area contributed by atoms with Gasteiger partial charge in [-0.15, -0.1) is 0 Å². The Kier molecular flexibility index (Phi) is 2.68. The minimum Gasteiger partial charge on any atom is -0.481 e. The number of anilines is 1. The average Bonchev–Trinajstić information content (AvgIpc) is 2.73. The van der Waals surface area contributed by atoms with Crippen molar-refractivity contribution in [3.05, 3.63) is 18.1 Å². The van der Waals surface area contributed by atoms with Crippen LogP contribution in [0.5, 0.6) is 0 Å². The average molecular weight is 232 g/mol. The van der Waals surface area contributed by atoms with E-state index in [0.29, 0.717) is 25.3 Å². The molecular weight excluding hydrogens is 220 g/mol.